The zero-order chi connectivity index (χ0) is 47.4. The van der Waals surface area contributed by atoms with Gasteiger partial charge in [0.15, 0.2) is 0 Å². The maximum absolute atomic E-state index is 13.2. The van der Waals surface area contributed by atoms with E-state index in [1.165, 1.54) is 186 Å². The minimum Gasteiger partial charge on any atom is -0.461 e. The van der Waals surface area contributed by atoms with Crippen LogP contribution in [0.1, 0.15) is 278 Å². The predicted molar refractivity (Wildman–Crippen MR) is 282 cm³/mol. The number of rotatable bonds is 50. The van der Waals surface area contributed by atoms with Gasteiger partial charge in [0.25, 0.3) is 0 Å². The number of hydrogen-bond acceptors (Lipinski definition) is 5. The number of aliphatic hydroxyl groups excluding tert-OH is 2. The molecule has 378 valence electrons. The molecule has 6 heteroatoms. The molecule has 0 bridgehead atoms. The van der Waals surface area contributed by atoms with Crippen LogP contribution in [0.25, 0.3) is 0 Å². The molecule has 0 radical (unpaired) electrons. The van der Waals surface area contributed by atoms with Gasteiger partial charge in [0, 0.05) is 12.8 Å². The maximum atomic E-state index is 13.2. The van der Waals surface area contributed by atoms with Gasteiger partial charge in [-0.25, -0.2) is 0 Å². The van der Waals surface area contributed by atoms with Gasteiger partial charge < -0.3 is 20.3 Å². The largest absolute Gasteiger partial charge is 0.461 e. The number of ether oxygens (including phenoxy) is 1. The molecule has 3 N–H and O–H groups in total. The van der Waals surface area contributed by atoms with Crippen molar-refractivity contribution in [3.05, 3.63) is 60.8 Å². The zero-order valence-corrected chi connectivity index (χ0v) is 43.1. The Morgan fingerprint density at radius 3 is 1.17 bits per heavy atom. The molecule has 0 rings (SSSR count). The first-order valence-electron chi connectivity index (χ1n) is 28.1. The number of amides is 1. The Hall–Kier alpha value is -2.44. The molecular formula is C59H107NO5. The Labute approximate surface area is 403 Å². The average Bonchev–Trinajstić information content (AvgIpc) is 3.30. The monoisotopic (exact) mass is 910 g/mol. The van der Waals surface area contributed by atoms with E-state index in [1.54, 1.807) is 0 Å². The second kappa shape index (κ2) is 52.5. The first-order chi connectivity index (χ1) is 32.0. The van der Waals surface area contributed by atoms with Gasteiger partial charge in [0.1, 0.15) is 6.10 Å². The van der Waals surface area contributed by atoms with Gasteiger partial charge in [-0.1, -0.05) is 300 Å². The third kappa shape index (κ3) is 47.8. The number of carbonyl (C=O) groups is 2. The van der Waals surface area contributed by atoms with Crippen LogP contribution in [0.5, 0.6) is 0 Å². The van der Waals surface area contributed by atoms with E-state index in [9.17, 15) is 19.8 Å². The molecule has 0 fully saturated rings. The molecule has 1 amide bonds. The van der Waals surface area contributed by atoms with E-state index in [4.69, 9.17) is 4.74 Å². The summed E-state index contributed by atoms with van der Waals surface area (Å²) in [6.45, 7) is 6.33. The van der Waals surface area contributed by atoms with E-state index < -0.39 is 18.2 Å². The fraction of sp³-hybridized carbons (Fsp3) is 0.797. The number of hydrogen-bond donors (Lipinski definition) is 3. The van der Waals surface area contributed by atoms with Crippen LogP contribution < -0.4 is 5.32 Å². The molecule has 65 heavy (non-hydrogen) atoms. The van der Waals surface area contributed by atoms with Crippen LogP contribution in [0.3, 0.4) is 0 Å². The molecule has 3 atom stereocenters. The second-order valence-corrected chi connectivity index (χ2v) is 19.1. The number of esters is 1. The van der Waals surface area contributed by atoms with Crippen LogP contribution in [-0.2, 0) is 14.3 Å². The summed E-state index contributed by atoms with van der Waals surface area (Å²) in [5.74, 6) is -0.597. The molecule has 0 aliphatic rings. The lowest BCUT2D eigenvalue weighted by molar-refractivity contribution is -0.150. The van der Waals surface area contributed by atoms with Gasteiger partial charge in [-0.15, -0.1) is 0 Å². The van der Waals surface area contributed by atoms with E-state index in [0.717, 1.165) is 44.9 Å². The Balaban J connectivity index is 4.51. The number of aliphatic hydroxyl groups is 2. The fourth-order valence-corrected chi connectivity index (χ4v) is 8.51. The summed E-state index contributed by atoms with van der Waals surface area (Å²) in [6, 6.07) is -0.739. The zero-order valence-electron chi connectivity index (χ0n) is 43.1. The first-order valence-corrected chi connectivity index (χ1v) is 28.1. The van der Waals surface area contributed by atoms with Crippen molar-refractivity contribution in [2.45, 2.75) is 296 Å². The summed E-state index contributed by atoms with van der Waals surface area (Å²) >= 11 is 0. The molecule has 0 aromatic carbocycles. The Morgan fingerprint density at radius 2 is 0.800 bits per heavy atom. The molecule has 0 spiro atoms. The number of unbranched alkanes of at least 4 members (excludes halogenated alkanes) is 33. The Morgan fingerprint density at radius 1 is 0.462 bits per heavy atom. The maximum Gasteiger partial charge on any atom is 0.306 e. The summed E-state index contributed by atoms with van der Waals surface area (Å²) < 4.78 is 5.86. The van der Waals surface area contributed by atoms with Crippen molar-refractivity contribution in [3.8, 4) is 0 Å². The third-order valence-corrected chi connectivity index (χ3v) is 12.7. The molecule has 0 aromatic rings. The first kappa shape index (κ1) is 62.6. The predicted octanol–water partition coefficient (Wildman–Crippen LogP) is 17.2. The molecule has 0 aliphatic heterocycles. The molecule has 0 saturated heterocycles. The summed E-state index contributed by atoms with van der Waals surface area (Å²) in [6.07, 6.45) is 66.1. The lowest BCUT2D eigenvalue weighted by Gasteiger charge is -2.24. The van der Waals surface area contributed by atoms with Gasteiger partial charge in [0.2, 0.25) is 5.91 Å². The quantitative estimate of drug-likeness (QED) is 0.0321. The second-order valence-electron chi connectivity index (χ2n) is 19.1. The molecule has 3 unspecified atom stereocenters. The van der Waals surface area contributed by atoms with Crippen molar-refractivity contribution in [1.82, 2.24) is 5.32 Å². The SMILES string of the molecule is CC/C=C/C=C/C=C\C=C/C=C/CC(CC(=O)NC(CO)C(O)CCCCCCCCCCCCCCCCCC)OC(=O)CCCCCCCCCCCCCCCCCCCCC. The fourth-order valence-electron chi connectivity index (χ4n) is 8.51. The third-order valence-electron chi connectivity index (χ3n) is 12.7. The van der Waals surface area contributed by atoms with E-state index in [2.05, 4.69) is 32.2 Å². The average molecular weight is 911 g/mol. The Bertz CT molecular complexity index is 1160. The molecular weight excluding hydrogens is 803 g/mol. The van der Waals surface area contributed by atoms with E-state index >= 15 is 0 Å². The van der Waals surface area contributed by atoms with Gasteiger partial charge in [-0.3, -0.25) is 9.59 Å². The molecule has 0 aromatic heterocycles. The van der Waals surface area contributed by atoms with Crippen molar-refractivity contribution in [2.75, 3.05) is 6.61 Å². The highest BCUT2D eigenvalue weighted by Crippen LogP contribution is 2.18. The minimum atomic E-state index is -0.818. The standard InChI is InChI=1S/C59H107NO5/c1-4-7-10-13-16-19-22-24-26-28-29-30-32-34-37-40-43-46-49-52-59(64)65-55(50-47-44-41-38-35-21-18-15-12-9-6-3)53-58(63)60-56(54-61)57(62)51-48-45-42-39-36-33-31-27-25-23-20-17-14-11-8-5-2/h9,12,15,18,21,35,38,41,44,47,55-57,61-62H,4-8,10-11,13-14,16-17,19-20,22-34,36-37,39-40,42-43,45-46,48-54H2,1-3H3,(H,60,63)/b12-9+,18-15+,35-21-,41-38-,47-44+. The number of carbonyl (C=O) groups excluding carboxylic acids is 2. The van der Waals surface area contributed by atoms with Crippen molar-refractivity contribution < 1.29 is 24.5 Å². The van der Waals surface area contributed by atoms with Crippen LogP contribution in [0.2, 0.25) is 0 Å². The van der Waals surface area contributed by atoms with Gasteiger partial charge in [0.05, 0.1) is 25.2 Å². The van der Waals surface area contributed by atoms with Crippen molar-refractivity contribution >= 4 is 11.9 Å². The minimum absolute atomic E-state index is 0.0166. The number of allylic oxidation sites excluding steroid dienone is 9. The highest BCUT2D eigenvalue weighted by molar-refractivity contribution is 5.77. The topological polar surface area (TPSA) is 95.9 Å². The normalized spacial score (nSPS) is 13.6. The summed E-state index contributed by atoms with van der Waals surface area (Å²) in [5, 5.41) is 23.8. The Kier molecular flexibility index (Phi) is 50.6. The molecule has 6 nitrogen and oxygen atoms in total. The smallest absolute Gasteiger partial charge is 0.306 e. The van der Waals surface area contributed by atoms with Crippen molar-refractivity contribution in [2.24, 2.45) is 0 Å². The summed E-state index contributed by atoms with van der Waals surface area (Å²) in [5.41, 5.74) is 0. The van der Waals surface area contributed by atoms with Gasteiger partial charge in [-0.2, -0.15) is 0 Å². The van der Waals surface area contributed by atoms with Crippen molar-refractivity contribution in [3.63, 3.8) is 0 Å². The van der Waals surface area contributed by atoms with E-state index in [1.807, 2.05) is 54.7 Å². The highest BCUT2D eigenvalue weighted by atomic mass is 16.5. The van der Waals surface area contributed by atoms with Crippen LogP contribution in [-0.4, -0.2) is 46.9 Å². The summed E-state index contributed by atoms with van der Waals surface area (Å²) in [4.78, 5) is 26.1. The lowest BCUT2D eigenvalue weighted by Crippen LogP contribution is -2.46. The van der Waals surface area contributed by atoms with Crippen LogP contribution in [0.15, 0.2) is 60.8 Å². The van der Waals surface area contributed by atoms with Gasteiger partial charge >= 0.3 is 5.97 Å². The van der Waals surface area contributed by atoms with Crippen LogP contribution in [0.4, 0.5) is 0 Å². The molecule has 0 heterocycles. The highest BCUT2D eigenvalue weighted by Gasteiger charge is 2.23. The van der Waals surface area contributed by atoms with E-state index in [-0.39, 0.29) is 24.9 Å². The lowest BCUT2D eigenvalue weighted by atomic mass is 10.0. The molecule has 0 saturated carbocycles. The van der Waals surface area contributed by atoms with Crippen LogP contribution >= 0.6 is 0 Å². The molecule has 0 aliphatic carbocycles. The van der Waals surface area contributed by atoms with Crippen molar-refractivity contribution in [1.29, 1.82) is 0 Å². The van der Waals surface area contributed by atoms with Gasteiger partial charge in [-0.05, 0) is 19.3 Å². The van der Waals surface area contributed by atoms with E-state index in [0.29, 0.717) is 19.3 Å². The summed E-state index contributed by atoms with van der Waals surface area (Å²) in [7, 11) is 0. The van der Waals surface area contributed by atoms with Crippen LogP contribution in [0, 0.1) is 0 Å². The number of nitrogens with one attached hydrogen (secondary N) is 1.